The third-order valence-electron chi connectivity index (χ3n) is 2.64. The van der Waals surface area contributed by atoms with Crippen molar-refractivity contribution in [2.45, 2.75) is 20.3 Å². The highest BCUT2D eigenvalue weighted by molar-refractivity contribution is 6.31. The van der Waals surface area contributed by atoms with E-state index in [-0.39, 0.29) is 12.3 Å². The summed E-state index contributed by atoms with van der Waals surface area (Å²) in [6.07, 6.45) is 0.246. The Kier molecular flexibility index (Phi) is 3.67. The van der Waals surface area contributed by atoms with E-state index in [0.717, 1.165) is 22.6 Å². The fourth-order valence-electron chi connectivity index (χ4n) is 1.67. The smallest absolute Gasteiger partial charge is 0.230 e. The number of carbonyl (C=O) groups excluding carboxylic acids is 1. The Morgan fingerprint density at radius 1 is 1.44 bits per heavy atom. The zero-order chi connectivity index (χ0) is 13.1. The number of aromatic amines is 1. The minimum Gasteiger partial charge on any atom is -0.325 e. The number of hydrogen-bond acceptors (Lipinski definition) is 2. The van der Waals surface area contributed by atoms with Gasteiger partial charge in [0.25, 0.3) is 0 Å². The van der Waals surface area contributed by atoms with Crippen molar-refractivity contribution in [1.82, 2.24) is 10.2 Å². The van der Waals surface area contributed by atoms with E-state index in [2.05, 4.69) is 15.5 Å². The van der Waals surface area contributed by atoms with E-state index in [1.807, 2.05) is 32.0 Å². The molecule has 0 saturated heterocycles. The number of aryl methyl sites for hydroxylation is 1. The van der Waals surface area contributed by atoms with Gasteiger partial charge in [-0.2, -0.15) is 5.10 Å². The lowest BCUT2D eigenvalue weighted by molar-refractivity contribution is -0.115. The molecule has 2 aromatic rings. The second-order valence-corrected chi connectivity index (χ2v) is 4.59. The molecular weight excluding hydrogens is 250 g/mol. The van der Waals surface area contributed by atoms with Crippen molar-refractivity contribution >= 4 is 23.2 Å². The molecule has 0 atom stereocenters. The van der Waals surface area contributed by atoms with Crippen molar-refractivity contribution in [3.05, 3.63) is 46.2 Å². The SMILES string of the molecule is Cc1cc(CC(=O)Nc2cccc(Cl)c2C)n[nH]1. The number of amides is 1. The molecule has 0 radical (unpaired) electrons. The van der Waals surface area contributed by atoms with E-state index in [4.69, 9.17) is 11.6 Å². The van der Waals surface area contributed by atoms with Gasteiger partial charge in [0.2, 0.25) is 5.91 Å². The van der Waals surface area contributed by atoms with Crippen LogP contribution in [0.5, 0.6) is 0 Å². The lowest BCUT2D eigenvalue weighted by atomic mass is 10.2. The summed E-state index contributed by atoms with van der Waals surface area (Å²) in [4.78, 5) is 11.8. The molecule has 2 N–H and O–H groups in total. The summed E-state index contributed by atoms with van der Waals surface area (Å²) in [7, 11) is 0. The summed E-state index contributed by atoms with van der Waals surface area (Å²) in [5.41, 5.74) is 3.27. The zero-order valence-corrected chi connectivity index (χ0v) is 11.0. The van der Waals surface area contributed by atoms with E-state index in [1.54, 1.807) is 6.07 Å². The lowest BCUT2D eigenvalue weighted by Gasteiger charge is -2.08. The number of benzene rings is 1. The standard InChI is InChI=1S/C13H14ClN3O/c1-8-6-10(17-16-8)7-13(18)15-12-5-3-4-11(14)9(12)2/h3-6H,7H2,1-2H3,(H,15,18)(H,16,17). The van der Waals surface area contributed by atoms with E-state index >= 15 is 0 Å². The van der Waals surface area contributed by atoms with E-state index in [0.29, 0.717) is 5.02 Å². The first-order valence-electron chi connectivity index (χ1n) is 5.62. The molecule has 2 rings (SSSR count). The van der Waals surface area contributed by atoms with Crippen LogP contribution in [0.3, 0.4) is 0 Å². The van der Waals surface area contributed by atoms with Crippen molar-refractivity contribution in [3.63, 3.8) is 0 Å². The third kappa shape index (κ3) is 2.90. The molecule has 1 heterocycles. The molecule has 1 aromatic heterocycles. The van der Waals surface area contributed by atoms with Crippen LogP contribution in [0.25, 0.3) is 0 Å². The second kappa shape index (κ2) is 5.23. The molecule has 0 aliphatic rings. The van der Waals surface area contributed by atoms with Gasteiger partial charge in [0.1, 0.15) is 0 Å². The maximum absolute atomic E-state index is 11.8. The molecule has 0 saturated carbocycles. The van der Waals surface area contributed by atoms with Crippen LogP contribution in [-0.2, 0) is 11.2 Å². The predicted octanol–water partition coefficient (Wildman–Crippen LogP) is 2.86. The average molecular weight is 264 g/mol. The Morgan fingerprint density at radius 2 is 2.22 bits per heavy atom. The van der Waals surface area contributed by atoms with Gasteiger partial charge in [-0.3, -0.25) is 9.89 Å². The van der Waals surface area contributed by atoms with Crippen molar-refractivity contribution in [2.75, 3.05) is 5.32 Å². The highest BCUT2D eigenvalue weighted by Crippen LogP contribution is 2.22. The molecule has 94 valence electrons. The number of rotatable bonds is 3. The number of H-pyrrole nitrogens is 1. The molecule has 5 heteroatoms. The van der Waals surface area contributed by atoms with Crippen LogP contribution < -0.4 is 5.32 Å². The van der Waals surface area contributed by atoms with Gasteiger partial charge in [0.15, 0.2) is 0 Å². The van der Waals surface area contributed by atoms with Crippen LogP contribution in [0.1, 0.15) is 17.0 Å². The van der Waals surface area contributed by atoms with Crippen LogP contribution >= 0.6 is 11.6 Å². The monoisotopic (exact) mass is 263 g/mol. The van der Waals surface area contributed by atoms with E-state index in [9.17, 15) is 4.79 Å². The number of nitrogens with one attached hydrogen (secondary N) is 2. The Labute approximate surface area is 110 Å². The molecule has 0 aliphatic carbocycles. The van der Waals surface area contributed by atoms with Gasteiger partial charge < -0.3 is 5.32 Å². The summed E-state index contributed by atoms with van der Waals surface area (Å²) < 4.78 is 0. The van der Waals surface area contributed by atoms with Gasteiger partial charge in [0, 0.05) is 16.4 Å². The van der Waals surface area contributed by atoms with Gasteiger partial charge in [0.05, 0.1) is 12.1 Å². The van der Waals surface area contributed by atoms with Crippen LogP contribution in [0, 0.1) is 13.8 Å². The molecule has 0 bridgehead atoms. The van der Waals surface area contributed by atoms with Gasteiger partial charge >= 0.3 is 0 Å². The number of hydrogen-bond donors (Lipinski definition) is 2. The van der Waals surface area contributed by atoms with Crippen LogP contribution in [0.4, 0.5) is 5.69 Å². The van der Waals surface area contributed by atoms with Crippen LogP contribution in [0.2, 0.25) is 5.02 Å². The first-order chi connectivity index (χ1) is 8.56. The molecule has 0 spiro atoms. The molecule has 18 heavy (non-hydrogen) atoms. The highest BCUT2D eigenvalue weighted by atomic mass is 35.5. The Hall–Kier alpha value is -1.81. The Bertz CT molecular complexity index is 577. The number of anilines is 1. The maximum atomic E-state index is 11.8. The van der Waals surface area contributed by atoms with Crippen molar-refractivity contribution in [1.29, 1.82) is 0 Å². The summed E-state index contributed by atoms with van der Waals surface area (Å²) in [6.45, 7) is 3.77. The minimum atomic E-state index is -0.105. The highest BCUT2D eigenvalue weighted by Gasteiger charge is 2.09. The molecule has 0 unspecified atom stereocenters. The quantitative estimate of drug-likeness (QED) is 0.895. The molecule has 4 nitrogen and oxygen atoms in total. The molecule has 0 aliphatic heterocycles. The van der Waals surface area contributed by atoms with Crippen molar-refractivity contribution in [2.24, 2.45) is 0 Å². The third-order valence-corrected chi connectivity index (χ3v) is 3.05. The van der Waals surface area contributed by atoms with Crippen molar-refractivity contribution < 1.29 is 4.79 Å². The van der Waals surface area contributed by atoms with Crippen LogP contribution in [-0.4, -0.2) is 16.1 Å². The molecule has 0 fully saturated rings. The Morgan fingerprint density at radius 3 is 2.89 bits per heavy atom. The first-order valence-corrected chi connectivity index (χ1v) is 6.00. The summed E-state index contributed by atoms with van der Waals surface area (Å²) in [6, 6.07) is 7.28. The largest absolute Gasteiger partial charge is 0.325 e. The number of halogens is 1. The number of aromatic nitrogens is 2. The topological polar surface area (TPSA) is 57.8 Å². The summed E-state index contributed by atoms with van der Waals surface area (Å²) >= 11 is 5.99. The average Bonchev–Trinajstić information content (AvgIpc) is 2.70. The molecular formula is C13H14ClN3O. The minimum absolute atomic E-state index is 0.105. The van der Waals surface area contributed by atoms with E-state index < -0.39 is 0 Å². The molecule has 1 aromatic carbocycles. The van der Waals surface area contributed by atoms with E-state index in [1.165, 1.54) is 0 Å². The molecule has 1 amide bonds. The summed E-state index contributed by atoms with van der Waals surface area (Å²) in [5.74, 6) is -0.105. The van der Waals surface area contributed by atoms with Crippen LogP contribution in [0.15, 0.2) is 24.3 Å². The number of nitrogens with zero attached hydrogens (tertiary/aromatic N) is 1. The lowest BCUT2D eigenvalue weighted by Crippen LogP contribution is -2.15. The van der Waals surface area contributed by atoms with Gasteiger partial charge in [-0.1, -0.05) is 17.7 Å². The second-order valence-electron chi connectivity index (χ2n) is 4.18. The summed E-state index contributed by atoms with van der Waals surface area (Å²) in [5, 5.41) is 10.3. The predicted molar refractivity (Wildman–Crippen MR) is 71.8 cm³/mol. The first kappa shape index (κ1) is 12.6. The van der Waals surface area contributed by atoms with Gasteiger partial charge in [-0.05, 0) is 37.6 Å². The Balaban J connectivity index is 2.05. The van der Waals surface area contributed by atoms with Crippen molar-refractivity contribution in [3.8, 4) is 0 Å². The zero-order valence-electron chi connectivity index (χ0n) is 10.2. The number of carbonyl (C=O) groups is 1. The fraction of sp³-hybridized carbons (Fsp3) is 0.231. The normalized spacial score (nSPS) is 10.4. The van der Waals surface area contributed by atoms with Gasteiger partial charge in [-0.25, -0.2) is 0 Å². The maximum Gasteiger partial charge on any atom is 0.230 e. The van der Waals surface area contributed by atoms with Gasteiger partial charge in [-0.15, -0.1) is 0 Å². The fourth-order valence-corrected chi connectivity index (χ4v) is 1.84.